The Morgan fingerprint density at radius 2 is 1.84 bits per heavy atom. The van der Waals surface area contributed by atoms with Gasteiger partial charge in [-0.3, -0.25) is 14.6 Å². The number of carbonyl (C=O) groups is 2. The van der Waals surface area contributed by atoms with Gasteiger partial charge < -0.3 is 14.5 Å². The lowest BCUT2D eigenvalue weighted by Crippen LogP contribution is -2.51. The fourth-order valence-electron chi connectivity index (χ4n) is 3.53. The Labute approximate surface area is 148 Å². The maximum Gasteiger partial charge on any atom is 0.274 e. The molecule has 1 aromatic heterocycles. The van der Waals surface area contributed by atoms with E-state index < -0.39 is 0 Å². The summed E-state index contributed by atoms with van der Waals surface area (Å²) < 4.78 is 5.86. The van der Waals surface area contributed by atoms with Crippen molar-refractivity contribution in [1.82, 2.24) is 19.8 Å². The molecule has 0 N–H and O–H groups in total. The third-order valence-electron chi connectivity index (χ3n) is 5.16. The van der Waals surface area contributed by atoms with Crippen molar-refractivity contribution in [3.05, 3.63) is 24.3 Å². The summed E-state index contributed by atoms with van der Waals surface area (Å²) in [7, 11) is 0. The minimum Gasteiger partial charge on any atom is -0.368 e. The summed E-state index contributed by atoms with van der Waals surface area (Å²) in [5, 5.41) is 0. The second-order valence-electron chi connectivity index (χ2n) is 6.87. The first-order valence-electron chi connectivity index (χ1n) is 9.10. The first-order chi connectivity index (χ1) is 12.1. The second kappa shape index (κ2) is 8.38. The number of nitrogens with zero attached hydrogens (tertiary/aromatic N) is 4. The Bertz CT molecular complexity index is 587. The van der Waals surface area contributed by atoms with E-state index in [1.54, 1.807) is 16.0 Å². The van der Waals surface area contributed by atoms with Crippen LogP contribution in [0.5, 0.6) is 0 Å². The van der Waals surface area contributed by atoms with Gasteiger partial charge in [0, 0.05) is 38.6 Å². The van der Waals surface area contributed by atoms with E-state index >= 15 is 0 Å². The molecule has 136 valence electrons. The van der Waals surface area contributed by atoms with Crippen LogP contribution in [0.2, 0.25) is 0 Å². The fourth-order valence-corrected chi connectivity index (χ4v) is 3.53. The van der Waals surface area contributed by atoms with Crippen molar-refractivity contribution in [2.24, 2.45) is 5.92 Å². The lowest BCUT2D eigenvalue weighted by Gasteiger charge is -2.35. The quantitative estimate of drug-likeness (QED) is 0.823. The monoisotopic (exact) mass is 346 g/mol. The Kier molecular flexibility index (Phi) is 5.96. The SMILES string of the molecule is C[C@H]1CCCC[C@H]1OCC(=O)N1CCN(C(=O)c2cnccn2)CC1. The van der Waals surface area contributed by atoms with Crippen LogP contribution in [-0.2, 0) is 9.53 Å². The standard InChI is InChI=1S/C18H26N4O3/c1-14-4-2-3-5-16(14)25-13-17(23)21-8-10-22(11-9-21)18(24)15-12-19-6-7-20-15/h6-7,12,14,16H,2-5,8-11,13H2,1H3/t14-,16+/m0/s1. The van der Waals surface area contributed by atoms with Crippen molar-refractivity contribution in [3.63, 3.8) is 0 Å². The minimum atomic E-state index is -0.132. The van der Waals surface area contributed by atoms with E-state index in [0.29, 0.717) is 37.8 Å². The lowest BCUT2D eigenvalue weighted by molar-refractivity contribution is -0.141. The van der Waals surface area contributed by atoms with Crippen LogP contribution in [0.15, 0.2) is 18.6 Å². The summed E-state index contributed by atoms with van der Waals surface area (Å²) in [4.78, 5) is 36.2. The molecule has 0 aromatic carbocycles. The normalized spacial score (nSPS) is 24.2. The first kappa shape index (κ1) is 17.8. The van der Waals surface area contributed by atoms with Crippen molar-refractivity contribution in [3.8, 4) is 0 Å². The number of carbonyl (C=O) groups excluding carboxylic acids is 2. The van der Waals surface area contributed by atoms with Crippen LogP contribution < -0.4 is 0 Å². The number of rotatable bonds is 4. The van der Waals surface area contributed by atoms with Gasteiger partial charge in [-0.25, -0.2) is 4.98 Å². The summed E-state index contributed by atoms with van der Waals surface area (Å²) in [6, 6.07) is 0. The van der Waals surface area contributed by atoms with Crippen molar-refractivity contribution in [1.29, 1.82) is 0 Å². The van der Waals surface area contributed by atoms with Crippen LogP contribution in [0.25, 0.3) is 0 Å². The summed E-state index contributed by atoms with van der Waals surface area (Å²) in [5.41, 5.74) is 0.344. The van der Waals surface area contributed by atoms with Crippen molar-refractivity contribution < 1.29 is 14.3 Å². The van der Waals surface area contributed by atoms with Crippen molar-refractivity contribution in [2.75, 3.05) is 32.8 Å². The highest BCUT2D eigenvalue weighted by Crippen LogP contribution is 2.26. The Balaban J connectivity index is 1.44. The molecule has 25 heavy (non-hydrogen) atoms. The zero-order valence-corrected chi connectivity index (χ0v) is 14.8. The van der Waals surface area contributed by atoms with E-state index in [2.05, 4.69) is 16.9 Å². The second-order valence-corrected chi connectivity index (χ2v) is 6.87. The molecule has 1 saturated carbocycles. The molecule has 1 aromatic rings. The largest absolute Gasteiger partial charge is 0.368 e. The number of piperazine rings is 1. The van der Waals surface area contributed by atoms with Crippen molar-refractivity contribution >= 4 is 11.8 Å². The van der Waals surface area contributed by atoms with Gasteiger partial charge in [-0.2, -0.15) is 0 Å². The number of ether oxygens (including phenoxy) is 1. The molecule has 0 radical (unpaired) electrons. The lowest BCUT2D eigenvalue weighted by atomic mass is 9.88. The maximum absolute atomic E-state index is 12.4. The molecule has 1 saturated heterocycles. The molecule has 2 atom stereocenters. The third kappa shape index (κ3) is 4.54. The van der Waals surface area contributed by atoms with Gasteiger partial charge in [0.15, 0.2) is 0 Å². The van der Waals surface area contributed by atoms with Crippen LogP contribution in [0.3, 0.4) is 0 Å². The molecule has 7 nitrogen and oxygen atoms in total. The summed E-state index contributed by atoms with van der Waals surface area (Å²) in [6.07, 6.45) is 9.41. The molecule has 0 spiro atoms. The highest BCUT2D eigenvalue weighted by molar-refractivity contribution is 5.92. The summed E-state index contributed by atoms with van der Waals surface area (Å²) in [6.45, 7) is 4.45. The molecule has 0 bridgehead atoms. The highest BCUT2D eigenvalue weighted by Gasteiger charge is 2.27. The maximum atomic E-state index is 12.4. The van der Waals surface area contributed by atoms with Gasteiger partial charge in [-0.05, 0) is 18.8 Å². The Morgan fingerprint density at radius 1 is 1.12 bits per heavy atom. The molecule has 1 aliphatic heterocycles. The van der Waals surface area contributed by atoms with Crippen LogP contribution in [0.4, 0.5) is 0 Å². The number of hydrogen-bond acceptors (Lipinski definition) is 5. The molecular formula is C18H26N4O3. The average Bonchev–Trinajstić information content (AvgIpc) is 2.67. The molecule has 1 aliphatic carbocycles. The molecule has 2 amide bonds. The molecule has 2 fully saturated rings. The predicted octanol–water partition coefficient (Wildman–Crippen LogP) is 1.36. The smallest absolute Gasteiger partial charge is 0.274 e. The molecular weight excluding hydrogens is 320 g/mol. The van der Waals surface area contributed by atoms with E-state index in [1.165, 1.54) is 31.7 Å². The Morgan fingerprint density at radius 3 is 2.52 bits per heavy atom. The first-order valence-corrected chi connectivity index (χ1v) is 9.10. The van der Waals surface area contributed by atoms with E-state index in [-0.39, 0.29) is 24.5 Å². The van der Waals surface area contributed by atoms with Crippen LogP contribution in [-0.4, -0.2) is 70.5 Å². The van der Waals surface area contributed by atoms with Gasteiger partial charge in [-0.1, -0.05) is 19.8 Å². The summed E-state index contributed by atoms with van der Waals surface area (Å²) in [5.74, 6) is 0.417. The zero-order valence-electron chi connectivity index (χ0n) is 14.8. The zero-order chi connectivity index (χ0) is 17.6. The van der Waals surface area contributed by atoms with Crippen LogP contribution in [0.1, 0.15) is 43.1 Å². The van der Waals surface area contributed by atoms with Gasteiger partial charge in [0.25, 0.3) is 5.91 Å². The van der Waals surface area contributed by atoms with Gasteiger partial charge in [0.05, 0.1) is 12.3 Å². The molecule has 7 heteroatoms. The number of amides is 2. The van der Waals surface area contributed by atoms with Gasteiger partial charge in [-0.15, -0.1) is 0 Å². The number of hydrogen-bond donors (Lipinski definition) is 0. The topological polar surface area (TPSA) is 75.6 Å². The average molecular weight is 346 g/mol. The molecule has 3 rings (SSSR count). The van der Waals surface area contributed by atoms with E-state index in [1.807, 2.05) is 0 Å². The number of aromatic nitrogens is 2. The van der Waals surface area contributed by atoms with Gasteiger partial charge >= 0.3 is 0 Å². The van der Waals surface area contributed by atoms with Gasteiger partial charge in [0.1, 0.15) is 12.3 Å². The van der Waals surface area contributed by atoms with E-state index in [0.717, 1.165) is 6.42 Å². The highest BCUT2D eigenvalue weighted by atomic mass is 16.5. The molecule has 2 heterocycles. The summed E-state index contributed by atoms with van der Waals surface area (Å²) >= 11 is 0. The Hall–Kier alpha value is -2.02. The molecule has 0 unspecified atom stereocenters. The van der Waals surface area contributed by atoms with Gasteiger partial charge in [0.2, 0.25) is 5.91 Å². The van der Waals surface area contributed by atoms with E-state index in [4.69, 9.17) is 4.74 Å². The van der Waals surface area contributed by atoms with Crippen LogP contribution in [0, 0.1) is 5.92 Å². The minimum absolute atomic E-state index is 0.0179. The third-order valence-corrected chi connectivity index (χ3v) is 5.16. The fraction of sp³-hybridized carbons (Fsp3) is 0.667. The van der Waals surface area contributed by atoms with Crippen LogP contribution >= 0.6 is 0 Å². The van der Waals surface area contributed by atoms with Crippen molar-refractivity contribution in [2.45, 2.75) is 38.7 Å². The predicted molar refractivity (Wildman–Crippen MR) is 91.9 cm³/mol. The van der Waals surface area contributed by atoms with E-state index in [9.17, 15) is 9.59 Å². The molecule has 2 aliphatic rings.